The highest BCUT2D eigenvalue weighted by molar-refractivity contribution is 5.92. The van der Waals surface area contributed by atoms with Gasteiger partial charge in [-0.15, -0.1) is 0 Å². The molecule has 39 heavy (non-hydrogen) atoms. The summed E-state index contributed by atoms with van der Waals surface area (Å²) in [6.07, 6.45) is -2.75. The Morgan fingerprint density at radius 3 is 1.90 bits per heavy atom. The zero-order valence-electron chi connectivity index (χ0n) is 21.7. The molecule has 0 spiro atoms. The quantitative estimate of drug-likeness (QED) is 0.0947. The molecular formula is C31H31F3O5. The first-order valence-electron chi connectivity index (χ1n) is 12.8. The van der Waals surface area contributed by atoms with E-state index in [-0.39, 0.29) is 17.7 Å². The van der Waals surface area contributed by atoms with Gasteiger partial charge in [0, 0.05) is 0 Å². The van der Waals surface area contributed by atoms with Gasteiger partial charge in [-0.25, -0.2) is 9.59 Å². The number of rotatable bonds is 13. The van der Waals surface area contributed by atoms with Gasteiger partial charge >= 0.3 is 18.1 Å². The third-order valence-corrected chi connectivity index (χ3v) is 5.91. The molecule has 3 aromatic rings. The zero-order chi connectivity index (χ0) is 28.3. The molecule has 3 rings (SSSR count). The average molecular weight is 541 g/mol. The first kappa shape index (κ1) is 29.5. The first-order valence-corrected chi connectivity index (χ1v) is 12.8. The molecule has 1 atom stereocenters. The van der Waals surface area contributed by atoms with Crippen LogP contribution in [0.1, 0.15) is 59.7 Å². The number of ether oxygens (including phenoxy) is 3. The molecule has 1 unspecified atom stereocenters. The van der Waals surface area contributed by atoms with Crippen molar-refractivity contribution in [1.29, 1.82) is 0 Å². The number of hydrogen-bond acceptors (Lipinski definition) is 5. The van der Waals surface area contributed by atoms with E-state index >= 15 is 0 Å². The fourth-order valence-electron chi connectivity index (χ4n) is 3.77. The molecule has 0 aliphatic rings. The fraction of sp³-hybridized carbons (Fsp3) is 0.290. The maximum absolute atomic E-state index is 13.3. The van der Waals surface area contributed by atoms with E-state index in [0.29, 0.717) is 25.0 Å². The van der Waals surface area contributed by atoms with Gasteiger partial charge in [-0.1, -0.05) is 63.1 Å². The van der Waals surface area contributed by atoms with Crippen molar-refractivity contribution in [2.45, 2.75) is 51.3 Å². The minimum Gasteiger partial charge on any atom is -0.490 e. The number of benzene rings is 3. The Balaban J connectivity index is 1.57. The lowest BCUT2D eigenvalue weighted by atomic mass is 10.0. The number of alkyl halides is 3. The smallest absolute Gasteiger partial charge is 0.425 e. The van der Waals surface area contributed by atoms with E-state index in [1.807, 2.05) is 31.2 Å². The van der Waals surface area contributed by atoms with E-state index in [1.165, 1.54) is 24.3 Å². The van der Waals surface area contributed by atoms with Crippen LogP contribution < -0.4 is 9.47 Å². The molecule has 0 saturated carbocycles. The van der Waals surface area contributed by atoms with Crippen LogP contribution in [0.25, 0.3) is 11.1 Å². The Morgan fingerprint density at radius 2 is 1.33 bits per heavy atom. The summed E-state index contributed by atoms with van der Waals surface area (Å²) in [6.45, 7) is 5.99. The molecule has 0 aliphatic heterocycles. The molecule has 3 aromatic carbocycles. The summed E-state index contributed by atoms with van der Waals surface area (Å²) in [4.78, 5) is 24.9. The minimum absolute atomic E-state index is 0.0668. The molecule has 0 amide bonds. The van der Waals surface area contributed by atoms with Crippen molar-refractivity contribution in [1.82, 2.24) is 0 Å². The second kappa shape index (κ2) is 14.2. The average Bonchev–Trinajstić information content (AvgIpc) is 2.93. The van der Waals surface area contributed by atoms with E-state index < -0.39 is 24.2 Å². The highest BCUT2D eigenvalue weighted by Gasteiger charge is 2.42. The van der Waals surface area contributed by atoms with Gasteiger partial charge < -0.3 is 14.2 Å². The number of carbonyl (C=O) groups excluding carboxylic acids is 2. The monoisotopic (exact) mass is 540 g/mol. The van der Waals surface area contributed by atoms with Crippen LogP contribution in [0.3, 0.4) is 0 Å². The van der Waals surface area contributed by atoms with Crippen LogP contribution in [-0.2, 0) is 4.74 Å². The normalized spacial score (nSPS) is 11.9. The van der Waals surface area contributed by atoms with E-state index in [2.05, 4.69) is 6.58 Å². The van der Waals surface area contributed by atoms with Gasteiger partial charge in [-0.3, -0.25) is 0 Å². The Hall–Kier alpha value is -4.07. The molecule has 5 nitrogen and oxygen atoms in total. The SMILES string of the molecule is C=CCOc1ccc(-c2ccc(C(=O)Oc3ccc(C(=O)OC(CCCCCC)C(F)(F)F)cc3)cc2)cc1. The van der Waals surface area contributed by atoms with Crippen molar-refractivity contribution < 1.29 is 37.0 Å². The maximum atomic E-state index is 13.3. The van der Waals surface area contributed by atoms with Gasteiger partial charge in [0.2, 0.25) is 0 Å². The van der Waals surface area contributed by atoms with Gasteiger partial charge in [0.05, 0.1) is 11.1 Å². The molecular weight excluding hydrogens is 509 g/mol. The third kappa shape index (κ3) is 9.02. The van der Waals surface area contributed by atoms with Crippen LogP contribution in [-0.4, -0.2) is 30.8 Å². The minimum atomic E-state index is -4.64. The largest absolute Gasteiger partial charge is 0.490 e. The molecule has 0 bridgehead atoms. The van der Waals surface area contributed by atoms with Crippen molar-refractivity contribution in [3.63, 3.8) is 0 Å². The number of carbonyl (C=O) groups is 2. The van der Waals surface area contributed by atoms with Gasteiger partial charge in [0.1, 0.15) is 18.1 Å². The molecule has 0 aromatic heterocycles. The highest BCUT2D eigenvalue weighted by atomic mass is 19.4. The topological polar surface area (TPSA) is 61.8 Å². The number of unbranched alkanes of at least 4 members (excludes halogenated alkanes) is 3. The third-order valence-electron chi connectivity index (χ3n) is 5.91. The molecule has 0 heterocycles. The molecule has 0 N–H and O–H groups in total. The van der Waals surface area contributed by atoms with Crippen LogP contribution in [0.4, 0.5) is 13.2 Å². The maximum Gasteiger partial charge on any atom is 0.425 e. The number of esters is 2. The van der Waals surface area contributed by atoms with Gasteiger partial charge in [0.25, 0.3) is 0 Å². The number of halogens is 3. The molecule has 0 fully saturated rings. The van der Waals surface area contributed by atoms with E-state index in [9.17, 15) is 22.8 Å². The number of hydrogen-bond donors (Lipinski definition) is 0. The molecule has 0 saturated heterocycles. The van der Waals surface area contributed by atoms with Crippen LogP contribution in [0.2, 0.25) is 0 Å². The van der Waals surface area contributed by atoms with Crippen molar-refractivity contribution in [3.05, 3.63) is 96.6 Å². The van der Waals surface area contributed by atoms with Crippen molar-refractivity contribution in [3.8, 4) is 22.6 Å². The zero-order valence-corrected chi connectivity index (χ0v) is 21.7. The van der Waals surface area contributed by atoms with Crippen LogP contribution in [0, 0.1) is 0 Å². The summed E-state index contributed by atoms with van der Waals surface area (Å²) in [7, 11) is 0. The van der Waals surface area contributed by atoms with Crippen molar-refractivity contribution in [2.75, 3.05) is 6.61 Å². The fourth-order valence-corrected chi connectivity index (χ4v) is 3.77. The van der Waals surface area contributed by atoms with Gasteiger partial charge in [0.15, 0.2) is 6.10 Å². The lowest BCUT2D eigenvalue weighted by Gasteiger charge is -2.20. The highest BCUT2D eigenvalue weighted by Crippen LogP contribution is 2.28. The Kier molecular flexibility index (Phi) is 10.7. The second-order valence-electron chi connectivity index (χ2n) is 8.90. The summed E-state index contributed by atoms with van der Waals surface area (Å²) in [6, 6.07) is 19.5. The van der Waals surface area contributed by atoms with Crippen molar-refractivity contribution >= 4 is 11.9 Å². The summed E-state index contributed by atoms with van der Waals surface area (Å²) in [5.74, 6) is -0.834. The van der Waals surface area contributed by atoms with Crippen LogP contribution in [0.15, 0.2) is 85.5 Å². The molecule has 0 aliphatic carbocycles. The summed E-state index contributed by atoms with van der Waals surface area (Å²) < 4.78 is 55.5. The van der Waals surface area contributed by atoms with Crippen LogP contribution in [0.5, 0.6) is 11.5 Å². The van der Waals surface area contributed by atoms with E-state index in [0.717, 1.165) is 29.7 Å². The molecule has 0 radical (unpaired) electrons. The van der Waals surface area contributed by atoms with Gasteiger partial charge in [-0.2, -0.15) is 13.2 Å². The molecule has 206 valence electrons. The Morgan fingerprint density at radius 1 is 0.795 bits per heavy atom. The summed E-state index contributed by atoms with van der Waals surface area (Å²) in [5.41, 5.74) is 2.08. The lowest BCUT2D eigenvalue weighted by molar-refractivity contribution is -0.206. The summed E-state index contributed by atoms with van der Waals surface area (Å²) >= 11 is 0. The predicted octanol–water partition coefficient (Wildman–Crippen LogP) is 8.20. The van der Waals surface area contributed by atoms with Crippen LogP contribution >= 0.6 is 0 Å². The Labute approximate surface area is 226 Å². The standard InChI is InChI=1S/C31H31F3O5/c1-3-5-6-7-8-28(31(32,33)34)39-30(36)25-15-19-27(20-16-25)38-29(35)24-11-9-22(10-12-24)23-13-17-26(18-14-23)37-21-4-2/h4,9-20,28H,2-3,5-8,21H2,1H3. The first-order chi connectivity index (χ1) is 18.7. The predicted molar refractivity (Wildman–Crippen MR) is 143 cm³/mol. The summed E-state index contributed by atoms with van der Waals surface area (Å²) in [5, 5.41) is 0. The van der Waals surface area contributed by atoms with E-state index in [4.69, 9.17) is 14.2 Å². The van der Waals surface area contributed by atoms with E-state index in [1.54, 1.807) is 30.3 Å². The second-order valence-corrected chi connectivity index (χ2v) is 8.90. The Bertz CT molecular complexity index is 1220. The van der Waals surface area contributed by atoms with Gasteiger partial charge in [-0.05, 0) is 72.5 Å². The van der Waals surface area contributed by atoms with Crippen molar-refractivity contribution in [2.24, 2.45) is 0 Å². The molecule has 8 heteroatoms. The lowest BCUT2D eigenvalue weighted by Crippen LogP contribution is -2.33.